The molecule has 1 saturated heterocycles. The Labute approximate surface area is 121 Å². The molecular formula is C13H17N5O3. The summed E-state index contributed by atoms with van der Waals surface area (Å²) in [5, 5.41) is 22.9. The van der Waals surface area contributed by atoms with E-state index in [4.69, 9.17) is 16.9 Å². The zero-order valence-corrected chi connectivity index (χ0v) is 11.5. The molecule has 4 atom stereocenters. The van der Waals surface area contributed by atoms with E-state index in [1.54, 1.807) is 0 Å². The molecule has 1 fully saturated rings. The summed E-state index contributed by atoms with van der Waals surface area (Å²) in [5.41, 5.74) is 5.03. The van der Waals surface area contributed by atoms with Crippen LogP contribution in [0.25, 0.3) is 0 Å². The Balaban J connectivity index is 1.94. The highest BCUT2D eigenvalue weighted by atomic mass is 16.6. The molecule has 2 aliphatic heterocycles. The van der Waals surface area contributed by atoms with Gasteiger partial charge in [-0.3, -0.25) is 0 Å². The third-order valence-electron chi connectivity index (χ3n) is 4.10. The number of aromatic nitrogens is 2. The number of rotatable bonds is 2. The van der Waals surface area contributed by atoms with E-state index < -0.39 is 24.5 Å². The number of hydrogen-bond acceptors (Lipinski definition) is 8. The Morgan fingerprint density at radius 3 is 3.05 bits per heavy atom. The number of nitrogens with zero attached hydrogens (tertiary/aromatic N) is 3. The van der Waals surface area contributed by atoms with E-state index in [0.717, 1.165) is 0 Å². The topological polar surface area (TPSA) is 117 Å². The Kier molecular flexibility index (Phi) is 3.13. The van der Waals surface area contributed by atoms with Crippen LogP contribution >= 0.6 is 0 Å². The lowest BCUT2D eigenvalue weighted by molar-refractivity contribution is -0.0710. The minimum atomic E-state index is -1.40. The molecule has 3 rings (SSSR count). The maximum atomic E-state index is 10.3. The van der Waals surface area contributed by atoms with Gasteiger partial charge in [-0.15, -0.1) is 6.42 Å². The highest BCUT2D eigenvalue weighted by molar-refractivity contribution is 5.80. The van der Waals surface area contributed by atoms with Gasteiger partial charge in [-0.2, -0.15) is 0 Å². The molecular weight excluding hydrogens is 274 g/mol. The van der Waals surface area contributed by atoms with Crippen LogP contribution in [0.2, 0.25) is 0 Å². The second-order valence-corrected chi connectivity index (χ2v) is 5.27. The third-order valence-corrected chi connectivity index (χ3v) is 4.10. The predicted octanol–water partition coefficient (Wildman–Crippen LogP) is -1.03. The maximum Gasteiger partial charge on any atom is 0.179 e. The lowest BCUT2D eigenvalue weighted by atomic mass is 9.92. The van der Waals surface area contributed by atoms with Gasteiger partial charge in [0.1, 0.15) is 24.3 Å². The molecule has 0 amide bonds. The summed E-state index contributed by atoms with van der Waals surface area (Å²) in [6.45, 7) is 1.77. The number of fused-ring (bicyclic) bond motifs is 1. The van der Waals surface area contributed by atoms with E-state index in [1.165, 1.54) is 6.33 Å². The molecule has 0 saturated carbocycles. The number of anilines is 3. The smallest absolute Gasteiger partial charge is 0.179 e. The second-order valence-electron chi connectivity index (χ2n) is 5.27. The number of aliphatic hydroxyl groups excluding tert-OH is 2. The molecule has 8 nitrogen and oxygen atoms in total. The second kappa shape index (κ2) is 4.73. The summed E-state index contributed by atoms with van der Waals surface area (Å²) >= 11 is 0. The van der Waals surface area contributed by atoms with Crippen molar-refractivity contribution in [1.29, 1.82) is 0 Å². The van der Waals surface area contributed by atoms with Crippen LogP contribution in [0.3, 0.4) is 0 Å². The fraction of sp³-hybridized carbons (Fsp3) is 0.538. The van der Waals surface area contributed by atoms with Crippen LogP contribution in [0.1, 0.15) is 6.92 Å². The molecule has 0 radical (unpaired) electrons. The fourth-order valence-corrected chi connectivity index (χ4v) is 2.84. The van der Waals surface area contributed by atoms with Gasteiger partial charge < -0.3 is 30.9 Å². The van der Waals surface area contributed by atoms with Crippen molar-refractivity contribution in [2.45, 2.75) is 24.9 Å². The first kappa shape index (κ1) is 13.9. The van der Waals surface area contributed by atoms with Gasteiger partial charge in [0, 0.05) is 5.92 Å². The molecule has 1 aromatic rings. The first-order chi connectivity index (χ1) is 10.0. The molecule has 0 spiro atoms. The summed E-state index contributed by atoms with van der Waals surface area (Å²) in [7, 11) is 0. The van der Waals surface area contributed by atoms with Gasteiger partial charge in [-0.05, 0) is 0 Å². The molecule has 0 unspecified atom stereocenters. The van der Waals surface area contributed by atoms with Crippen LogP contribution in [0.5, 0.6) is 0 Å². The minimum Gasteiger partial charge on any atom is -0.392 e. The molecule has 0 bridgehead atoms. The summed E-state index contributed by atoms with van der Waals surface area (Å²) in [6.07, 6.45) is 5.31. The molecule has 0 aliphatic carbocycles. The molecule has 2 aliphatic rings. The van der Waals surface area contributed by atoms with Gasteiger partial charge in [0.05, 0.1) is 13.3 Å². The van der Waals surface area contributed by atoms with Crippen molar-refractivity contribution in [3.05, 3.63) is 6.33 Å². The average Bonchev–Trinajstić information content (AvgIpc) is 3.02. The van der Waals surface area contributed by atoms with E-state index in [9.17, 15) is 10.2 Å². The fourth-order valence-electron chi connectivity index (χ4n) is 2.84. The van der Waals surface area contributed by atoms with Crippen LogP contribution in [-0.2, 0) is 4.74 Å². The third kappa shape index (κ3) is 1.82. The number of hydrogen-bond donors (Lipinski definition) is 4. The summed E-state index contributed by atoms with van der Waals surface area (Å²) < 4.78 is 5.80. The summed E-state index contributed by atoms with van der Waals surface area (Å²) in [6, 6.07) is 0. The Bertz CT molecular complexity index is 604. The van der Waals surface area contributed by atoms with E-state index in [2.05, 4.69) is 21.2 Å². The van der Waals surface area contributed by atoms with Gasteiger partial charge in [-0.25, -0.2) is 9.97 Å². The van der Waals surface area contributed by atoms with Crippen molar-refractivity contribution >= 4 is 17.3 Å². The zero-order chi connectivity index (χ0) is 15.2. The van der Waals surface area contributed by atoms with Gasteiger partial charge in [-0.1, -0.05) is 12.8 Å². The largest absolute Gasteiger partial charge is 0.392 e. The van der Waals surface area contributed by atoms with Crippen molar-refractivity contribution in [2.24, 2.45) is 5.92 Å². The molecule has 0 aromatic carbocycles. The number of ether oxygens (including phenoxy) is 1. The Morgan fingerprint density at radius 1 is 1.67 bits per heavy atom. The molecule has 21 heavy (non-hydrogen) atoms. The Hall–Kier alpha value is -2.08. The van der Waals surface area contributed by atoms with Crippen molar-refractivity contribution in [3.63, 3.8) is 0 Å². The van der Waals surface area contributed by atoms with Crippen LogP contribution in [0, 0.1) is 18.3 Å². The molecule has 8 heteroatoms. The van der Waals surface area contributed by atoms with Crippen LogP contribution < -0.4 is 16.0 Å². The predicted molar refractivity (Wildman–Crippen MR) is 76.1 cm³/mol. The van der Waals surface area contributed by atoms with E-state index >= 15 is 0 Å². The number of terminal acetylenes is 1. The molecule has 5 N–H and O–H groups in total. The van der Waals surface area contributed by atoms with Gasteiger partial charge in [0.2, 0.25) is 0 Å². The van der Waals surface area contributed by atoms with Gasteiger partial charge in [0.25, 0.3) is 0 Å². The van der Waals surface area contributed by atoms with Crippen molar-refractivity contribution < 1.29 is 14.9 Å². The molecule has 112 valence electrons. The molecule has 1 aromatic heterocycles. The number of nitrogens with one attached hydrogen (secondary N) is 1. The maximum absolute atomic E-state index is 10.3. The SMILES string of the molecule is C#C[C@]1(CO)O[C@@H](N2CNc3c(N)ncnc32)[C@@H](C)[C@@H]1O. The normalized spacial score (nSPS) is 34.4. The number of aliphatic hydroxyl groups is 2. The highest BCUT2D eigenvalue weighted by Crippen LogP contribution is 2.42. The quantitative estimate of drug-likeness (QED) is 0.511. The Morgan fingerprint density at radius 2 is 2.43 bits per heavy atom. The van der Waals surface area contributed by atoms with E-state index in [0.29, 0.717) is 24.0 Å². The molecule has 3 heterocycles. The number of nitrogen functional groups attached to an aromatic ring is 1. The lowest BCUT2D eigenvalue weighted by Gasteiger charge is -2.28. The average molecular weight is 291 g/mol. The van der Waals surface area contributed by atoms with Gasteiger partial charge >= 0.3 is 0 Å². The summed E-state index contributed by atoms with van der Waals surface area (Å²) in [4.78, 5) is 9.94. The van der Waals surface area contributed by atoms with Crippen LogP contribution in [-0.4, -0.2) is 51.4 Å². The monoisotopic (exact) mass is 291 g/mol. The van der Waals surface area contributed by atoms with Crippen molar-refractivity contribution in [3.8, 4) is 12.3 Å². The van der Waals surface area contributed by atoms with Crippen LogP contribution in [0.15, 0.2) is 6.33 Å². The van der Waals surface area contributed by atoms with E-state index in [-0.39, 0.29) is 5.92 Å². The minimum absolute atomic E-state index is 0.308. The number of nitrogens with two attached hydrogens (primary N) is 1. The highest BCUT2D eigenvalue weighted by Gasteiger charge is 2.54. The standard InChI is InChI=1S/C13H17N5O3/c1-3-13(4-19)9(20)7(2)12(21-13)18-6-17-8-10(14)15-5-16-11(8)18/h1,5,7,9,12,17,19-20H,4,6H2,2H3,(H2,14,15,16)/t7-,9-,12+,13+/m0/s1. The summed E-state index contributed by atoms with van der Waals surface area (Å²) in [5.74, 6) is 3.00. The van der Waals surface area contributed by atoms with Crippen molar-refractivity contribution in [1.82, 2.24) is 9.97 Å². The van der Waals surface area contributed by atoms with Crippen molar-refractivity contribution in [2.75, 3.05) is 29.2 Å². The lowest BCUT2D eigenvalue weighted by Crippen LogP contribution is -2.43. The zero-order valence-electron chi connectivity index (χ0n) is 11.5. The van der Waals surface area contributed by atoms with E-state index in [1.807, 2.05) is 11.8 Å². The first-order valence-electron chi connectivity index (χ1n) is 6.59. The van der Waals surface area contributed by atoms with Gasteiger partial charge in [0.15, 0.2) is 17.2 Å². The first-order valence-corrected chi connectivity index (χ1v) is 6.59. The van der Waals surface area contributed by atoms with Crippen LogP contribution in [0.4, 0.5) is 17.3 Å².